The maximum atomic E-state index is 13.5. The molecule has 0 atom stereocenters. The van der Waals surface area contributed by atoms with Crippen LogP contribution < -0.4 is 10.6 Å². The molecule has 0 radical (unpaired) electrons. The van der Waals surface area contributed by atoms with Crippen molar-refractivity contribution < 1.29 is 9.18 Å². The van der Waals surface area contributed by atoms with Gasteiger partial charge >= 0.3 is 0 Å². The predicted octanol–water partition coefficient (Wildman–Crippen LogP) is 3.32. The summed E-state index contributed by atoms with van der Waals surface area (Å²) in [6.45, 7) is 0.489. The Labute approximate surface area is 125 Å². The third-order valence-electron chi connectivity index (χ3n) is 2.70. The van der Waals surface area contributed by atoms with Gasteiger partial charge in [0.25, 0.3) is 0 Å². The summed E-state index contributed by atoms with van der Waals surface area (Å²) in [5.41, 5.74) is 1.32. The number of halogens is 2. The van der Waals surface area contributed by atoms with Crippen LogP contribution in [0, 0.1) is 5.82 Å². The monoisotopic (exact) mass is 336 g/mol. The van der Waals surface area contributed by atoms with Crippen molar-refractivity contribution in [3.8, 4) is 0 Å². The van der Waals surface area contributed by atoms with Crippen molar-refractivity contribution >= 4 is 27.5 Å². The maximum absolute atomic E-state index is 13.5. The fourth-order valence-electron chi connectivity index (χ4n) is 1.67. The highest BCUT2D eigenvalue weighted by atomic mass is 79.9. The largest absolute Gasteiger partial charge is 0.374 e. The van der Waals surface area contributed by atoms with Crippen LogP contribution in [0.2, 0.25) is 0 Å². The maximum Gasteiger partial charge on any atom is 0.239 e. The van der Waals surface area contributed by atoms with Crippen molar-refractivity contribution in [3.63, 3.8) is 0 Å². The van der Waals surface area contributed by atoms with Gasteiger partial charge in [0.2, 0.25) is 5.91 Å². The van der Waals surface area contributed by atoms with Crippen LogP contribution >= 0.6 is 15.9 Å². The van der Waals surface area contributed by atoms with Gasteiger partial charge in [0.15, 0.2) is 0 Å². The van der Waals surface area contributed by atoms with Crippen molar-refractivity contribution in [3.05, 3.63) is 64.4 Å². The zero-order chi connectivity index (χ0) is 14.4. The Hall–Kier alpha value is -1.88. The molecule has 0 aromatic heterocycles. The number of anilines is 1. The second-order valence-corrected chi connectivity index (χ2v) is 5.16. The molecule has 0 saturated heterocycles. The highest BCUT2D eigenvalue weighted by molar-refractivity contribution is 9.10. The van der Waals surface area contributed by atoms with E-state index in [9.17, 15) is 9.18 Å². The van der Waals surface area contributed by atoms with E-state index in [1.54, 1.807) is 12.1 Å². The third kappa shape index (κ3) is 4.35. The minimum Gasteiger partial charge on any atom is -0.374 e. The number of benzene rings is 2. The minimum absolute atomic E-state index is 0.0280. The lowest BCUT2D eigenvalue weighted by Gasteiger charge is -2.09. The second kappa shape index (κ2) is 7.05. The van der Waals surface area contributed by atoms with Crippen LogP contribution in [0.5, 0.6) is 0 Å². The minimum atomic E-state index is -0.385. The first kappa shape index (κ1) is 14.5. The molecule has 2 aromatic carbocycles. The Bertz CT molecular complexity index is 590. The number of carbonyl (C=O) groups excluding carboxylic acids is 1. The van der Waals surface area contributed by atoms with Crippen LogP contribution in [-0.2, 0) is 11.3 Å². The zero-order valence-corrected chi connectivity index (χ0v) is 12.3. The predicted molar refractivity (Wildman–Crippen MR) is 80.9 cm³/mol. The second-order valence-electron chi connectivity index (χ2n) is 4.24. The van der Waals surface area contributed by atoms with Gasteiger partial charge in [-0.1, -0.05) is 46.3 Å². The first-order valence-corrected chi connectivity index (χ1v) is 6.94. The quantitative estimate of drug-likeness (QED) is 0.879. The number of carbonyl (C=O) groups is 1. The summed E-state index contributed by atoms with van der Waals surface area (Å²) in [6, 6.07) is 14.2. The van der Waals surface area contributed by atoms with Gasteiger partial charge in [-0.25, -0.2) is 4.39 Å². The molecule has 20 heavy (non-hydrogen) atoms. The van der Waals surface area contributed by atoms with E-state index in [1.807, 2.05) is 30.3 Å². The van der Waals surface area contributed by atoms with Gasteiger partial charge in [0, 0.05) is 11.0 Å². The summed E-state index contributed by atoms with van der Waals surface area (Å²) in [5.74, 6) is -0.572. The molecule has 104 valence electrons. The van der Waals surface area contributed by atoms with Crippen molar-refractivity contribution in [2.75, 3.05) is 11.9 Å². The molecule has 0 aliphatic heterocycles. The SMILES string of the molecule is O=C(CNc1cc(Br)ccc1F)NCc1ccccc1. The highest BCUT2D eigenvalue weighted by Gasteiger charge is 2.05. The number of hydrogen-bond donors (Lipinski definition) is 2. The zero-order valence-electron chi connectivity index (χ0n) is 10.7. The van der Waals surface area contributed by atoms with Crippen molar-refractivity contribution in [1.29, 1.82) is 0 Å². The number of amides is 1. The molecular weight excluding hydrogens is 323 g/mol. The molecule has 2 aromatic rings. The van der Waals surface area contributed by atoms with Gasteiger partial charge in [-0.3, -0.25) is 4.79 Å². The molecule has 1 amide bonds. The number of nitrogens with one attached hydrogen (secondary N) is 2. The van der Waals surface area contributed by atoms with Crippen molar-refractivity contribution in [2.24, 2.45) is 0 Å². The van der Waals surface area contributed by atoms with Crippen LogP contribution in [0.1, 0.15) is 5.56 Å². The van der Waals surface area contributed by atoms with Crippen LogP contribution in [0.3, 0.4) is 0 Å². The van der Waals surface area contributed by atoms with Crippen LogP contribution in [-0.4, -0.2) is 12.5 Å². The van der Waals surface area contributed by atoms with E-state index in [0.717, 1.165) is 10.0 Å². The Kier molecular flexibility index (Phi) is 5.12. The molecule has 0 aliphatic rings. The van der Waals surface area contributed by atoms with Gasteiger partial charge in [-0.2, -0.15) is 0 Å². The molecule has 0 fully saturated rings. The summed E-state index contributed by atoms with van der Waals surface area (Å²) in [4.78, 5) is 11.7. The molecule has 0 aliphatic carbocycles. The lowest BCUT2D eigenvalue weighted by molar-refractivity contribution is -0.119. The molecule has 5 heteroatoms. The molecule has 0 unspecified atom stereocenters. The lowest BCUT2D eigenvalue weighted by atomic mass is 10.2. The summed E-state index contributed by atoms with van der Waals surface area (Å²) in [7, 11) is 0. The van der Waals surface area contributed by atoms with E-state index in [4.69, 9.17) is 0 Å². The normalized spacial score (nSPS) is 10.1. The van der Waals surface area contributed by atoms with E-state index in [1.165, 1.54) is 6.07 Å². The average Bonchev–Trinajstić information content (AvgIpc) is 2.47. The number of rotatable bonds is 5. The molecule has 3 nitrogen and oxygen atoms in total. The summed E-state index contributed by atoms with van der Waals surface area (Å²) in [5, 5.41) is 5.54. The number of hydrogen-bond acceptors (Lipinski definition) is 2. The topological polar surface area (TPSA) is 41.1 Å². The van der Waals surface area contributed by atoms with Gasteiger partial charge in [-0.05, 0) is 23.8 Å². The molecule has 2 rings (SSSR count). The Morgan fingerprint density at radius 3 is 2.65 bits per heavy atom. The van der Waals surface area contributed by atoms with E-state index < -0.39 is 0 Å². The van der Waals surface area contributed by atoms with Crippen LogP contribution in [0.25, 0.3) is 0 Å². The average molecular weight is 337 g/mol. The van der Waals surface area contributed by atoms with Crippen LogP contribution in [0.15, 0.2) is 53.0 Å². The van der Waals surface area contributed by atoms with E-state index in [2.05, 4.69) is 26.6 Å². The van der Waals surface area contributed by atoms with Crippen molar-refractivity contribution in [1.82, 2.24) is 5.32 Å². The molecule has 0 bridgehead atoms. The first-order valence-electron chi connectivity index (χ1n) is 6.15. The standard InChI is InChI=1S/C15H14BrFN2O/c16-12-6-7-13(17)14(8-12)18-10-15(20)19-9-11-4-2-1-3-5-11/h1-8,18H,9-10H2,(H,19,20). The lowest BCUT2D eigenvalue weighted by Crippen LogP contribution is -2.29. The molecule has 2 N–H and O–H groups in total. The summed E-state index contributed by atoms with van der Waals surface area (Å²) in [6.07, 6.45) is 0. The van der Waals surface area contributed by atoms with Gasteiger partial charge in [0.1, 0.15) is 5.82 Å². The van der Waals surface area contributed by atoms with Crippen molar-refractivity contribution in [2.45, 2.75) is 6.54 Å². The van der Waals surface area contributed by atoms with Gasteiger partial charge in [0.05, 0.1) is 12.2 Å². The summed E-state index contributed by atoms with van der Waals surface area (Å²) < 4.78 is 14.2. The van der Waals surface area contributed by atoms with Gasteiger partial charge in [-0.15, -0.1) is 0 Å². The van der Waals surface area contributed by atoms with E-state index in [0.29, 0.717) is 12.2 Å². The molecule has 0 spiro atoms. The fraction of sp³-hybridized carbons (Fsp3) is 0.133. The molecule has 0 heterocycles. The fourth-order valence-corrected chi connectivity index (χ4v) is 2.03. The molecule has 0 saturated carbocycles. The summed E-state index contributed by atoms with van der Waals surface area (Å²) >= 11 is 3.26. The van der Waals surface area contributed by atoms with E-state index in [-0.39, 0.29) is 18.3 Å². The van der Waals surface area contributed by atoms with E-state index >= 15 is 0 Å². The van der Waals surface area contributed by atoms with Crippen LogP contribution in [0.4, 0.5) is 10.1 Å². The molecular formula is C15H14BrFN2O. The first-order chi connectivity index (χ1) is 9.65. The third-order valence-corrected chi connectivity index (χ3v) is 3.19. The van der Waals surface area contributed by atoms with Gasteiger partial charge < -0.3 is 10.6 Å². The smallest absolute Gasteiger partial charge is 0.239 e. The Morgan fingerprint density at radius 1 is 1.15 bits per heavy atom. The Balaban J connectivity index is 1.82. The highest BCUT2D eigenvalue weighted by Crippen LogP contribution is 2.19. The Morgan fingerprint density at radius 2 is 1.90 bits per heavy atom.